The van der Waals surface area contributed by atoms with Gasteiger partial charge in [-0.25, -0.2) is 4.39 Å². The van der Waals surface area contributed by atoms with E-state index in [1.807, 2.05) is 47.2 Å². The van der Waals surface area contributed by atoms with Gasteiger partial charge in [-0.1, -0.05) is 35.9 Å². The number of hydrazone groups is 1. The number of para-hydroxylation sites is 1. The molecule has 0 atom stereocenters. The van der Waals surface area contributed by atoms with E-state index >= 15 is 0 Å². The Bertz CT molecular complexity index is 921. The molecule has 26 heavy (non-hydrogen) atoms. The Morgan fingerprint density at radius 3 is 2.65 bits per heavy atom. The summed E-state index contributed by atoms with van der Waals surface area (Å²) < 4.78 is 15.6. The van der Waals surface area contributed by atoms with Crippen molar-refractivity contribution in [1.82, 2.24) is 9.99 Å². The molecule has 2 aromatic carbocycles. The van der Waals surface area contributed by atoms with E-state index in [1.54, 1.807) is 24.4 Å². The van der Waals surface area contributed by atoms with E-state index in [1.165, 1.54) is 6.07 Å². The molecule has 3 aromatic rings. The van der Waals surface area contributed by atoms with Crippen LogP contribution in [-0.2, 0) is 6.54 Å². The van der Waals surface area contributed by atoms with E-state index < -0.39 is 0 Å². The second kappa shape index (κ2) is 8.60. The van der Waals surface area contributed by atoms with E-state index in [0.29, 0.717) is 17.3 Å². The maximum atomic E-state index is 13.6. The first-order valence-electron chi connectivity index (χ1n) is 7.86. The van der Waals surface area contributed by atoms with Crippen molar-refractivity contribution in [2.75, 3.05) is 5.32 Å². The molecule has 0 unspecified atom stereocenters. The molecule has 0 radical (unpaired) electrons. The van der Waals surface area contributed by atoms with E-state index in [2.05, 4.69) is 15.8 Å². The van der Waals surface area contributed by atoms with Gasteiger partial charge in [0.05, 0.1) is 17.6 Å². The summed E-state index contributed by atoms with van der Waals surface area (Å²) in [6.07, 6.45) is 3.62. The zero-order valence-electron chi connectivity index (χ0n) is 13.7. The van der Waals surface area contributed by atoms with Gasteiger partial charge in [-0.3, -0.25) is 5.43 Å². The number of rotatable bonds is 5. The first kappa shape index (κ1) is 18.1. The fourth-order valence-corrected chi connectivity index (χ4v) is 2.63. The van der Waals surface area contributed by atoms with Crippen molar-refractivity contribution in [2.24, 2.45) is 5.10 Å². The first-order valence-corrected chi connectivity index (χ1v) is 8.64. The van der Waals surface area contributed by atoms with Crippen LogP contribution in [0.2, 0.25) is 5.02 Å². The van der Waals surface area contributed by atoms with E-state index in [0.717, 1.165) is 11.3 Å². The third-order valence-electron chi connectivity index (χ3n) is 3.62. The molecule has 0 amide bonds. The molecular formula is C19H16ClFN4S. The molecule has 3 rings (SSSR count). The van der Waals surface area contributed by atoms with E-state index in [-0.39, 0.29) is 10.9 Å². The molecule has 0 saturated heterocycles. The zero-order valence-corrected chi connectivity index (χ0v) is 15.3. The fourth-order valence-electron chi connectivity index (χ4n) is 2.34. The lowest BCUT2D eigenvalue weighted by molar-refractivity contribution is 0.632. The van der Waals surface area contributed by atoms with Crippen LogP contribution in [0.15, 0.2) is 72.0 Å². The summed E-state index contributed by atoms with van der Waals surface area (Å²) in [7, 11) is 0. The Balaban J connectivity index is 1.59. The summed E-state index contributed by atoms with van der Waals surface area (Å²) in [6.45, 7) is 0.698. The monoisotopic (exact) mass is 386 g/mol. The second-order valence-corrected chi connectivity index (χ2v) is 6.34. The van der Waals surface area contributed by atoms with Gasteiger partial charge in [0.1, 0.15) is 5.82 Å². The maximum absolute atomic E-state index is 13.6. The lowest BCUT2D eigenvalue weighted by Crippen LogP contribution is -2.24. The number of anilines is 1. The highest BCUT2D eigenvalue weighted by atomic mass is 35.5. The zero-order chi connectivity index (χ0) is 18.4. The van der Waals surface area contributed by atoms with E-state index in [4.69, 9.17) is 23.8 Å². The highest BCUT2D eigenvalue weighted by Gasteiger charge is 2.03. The standard InChI is InChI=1S/C19H16ClFN4S/c20-15-9-7-14(8-10-15)13-25-11-3-4-16(25)12-22-24-19(26)23-18-6-2-1-5-17(18)21/h1-12H,13H2,(H2,23,24,26)/b22-12+. The van der Waals surface area contributed by atoms with Crippen LogP contribution in [0, 0.1) is 5.82 Å². The first-order chi connectivity index (χ1) is 12.6. The summed E-state index contributed by atoms with van der Waals surface area (Å²) in [5, 5.41) is 7.80. The molecule has 0 saturated carbocycles. The second-order valence-electron chi connectivity index (χ2n) is 5.49. The molecule has 7 heteroatoms. The average molecular weight is 387 g/mol. The van der Waals surface area contributed by atoms with Crippen LogP contribution in [0.5, 0.6) is 0 Å². The summed E-state index contributed by atoms with van der Waals surface area (Å²) in [6, 6.07) is 17.9. The van der Waals surface area contributed by atoms with Gasteiger partial charge in [0.2, 0.25) is 0 Å². The minimum Gasteiger partial charge on any atom is -0.342 e. The van der Waals surface area contributed by atoms with Crippen LogP contribution in [0.4, 0.5) is 10.1 Å². The van der Waals surface area contributed by atoms with Gasteiger partial charge in [-0.2, -0.15) is 5.10 Å². The molecule has 0 fully saturated rings. The number of nitrogens with zero attached hydrogens (tertiary/aromatic N) is 2. The number of aromatic nitrogens is 1. The van der Waals surface area contributed by atoms with Crippen LogP contribution < -0.4 is 10.7 Å². The number of nitrogens with one attached hydrogen (secondary N) is 2. The van der Waals surface area contributed by atoms with Gasteiger partial charge in [0, 0.05) is 17.8 Å². The van der Waals surface area contributed by atoms with Gasteiger partial charge in [0.15, 0.2) is 5.11 Å². The fraction of sp³-hybridized carbons (Fsp3) is 0.0526. The summed E-state index contributed by atoms with van der Waals surface area (Å²) in [5.41, 5.74) is 5.02. The summed E-state index contributed by atoms with van der Waals surface area (Å²) in [5.74, 6) is -0.377. The number of hydrogen-bond donors (Lipinski definition) is 2. The van der Waals surface area contributed by atoms with Crippen LogP contribution in [-0.4, -0.2) is 15.9 Å². The molecule has 0 aliphatic rings. The largest absolute Gasteiger partial charge is 0.342 e. The molecule has 0 aliphatic carbocycles. The van der Waals surface area contributed by atoms with Crippen LogP contribution in [0.1, 0.15) is 11.3 Å². The third-order valence-corrected chi connectivity index (χ3v) is 4.06. The topological polar surface area (TPSA) is 41.4 Å². The summed E-state index contributed by atoms with van der Waals surface area (Å²) in [4.78, 5) is 0. The van der Waals surface area contributed by atoms with Crippen molar-refractivity contribution >= 4 is 40.8 Å². The Labute approximate surface area is 161 Å². The van der Waals surface area contributed by atoms with Crippen LogP contribution >= 0.6 is 23.8 Å². The Kier molecular flexibility index (Phi) is 5.99. The Morgan fingerprint density at radius 2 is 1.88 bits per heavy atom. The van der Waals surface area contributed by atoms with Gasteiger partial charge < -0.3 is 9.88 Å². The van der Waals surface area contributed by atoms with Gasteiger partial charge in [-0.15, -0.1) is 0 Å². The lowest BCUT2D eigenvalue weighted by Gasteiger charge is -2.08. The Hall–Kier alpha value is -2.70. The predicted octanol–water partition coefficient (Wildman–Crippen LogP) is 4.65. The van der Waals surface area contributed by atoms with Gasteiger partial charge in [0.25, 0.3) is 0 Å². The number of benzene rings is 2. The van der Waals surface area contributed by atoms with Gasteiger partial charge in [-0.05, 0) is 54.2 Å². The van der Waals surface area contributed by atoms with Crippen LogP contribution in [0.25, 0.3) is 0 Å². The molecule has 0 aliphatic heterocycles. The predicted molar refractivity (Wildman–Crippen MR) is 108 cm³/mol. The third kappa shape index (κ3) is 4.91. The van der Waals surface area contributed by atoms with Crippen LogP contribution in [0.3, 0.4) is 0 Å². The molecule has 0 spiro atoms. The smallest absolute Gasteiger partial charge is 0.191 e. The minimum absolute atomic E-state index is 0.210. The maximum Gasteiger partial charge on any atom is 0.191 e. The minimum atomic E-state index is -0.377. The highest BCUT2D eigenvalue weighted by molar-refractivity contribution is 7.80. The quantitative estimate of drug-likeness (QED) is 0.381. The number of halogens is 2. The van der Waals surface area contributed by atoms with Crippen molar-refractivity contribution in [2.45, 2.75) is 6.54 Å². The number of thiocarbonyl (C=S) groups is 1. The molecule has 0 bridgehead atoms. The lowest BCUT2D eigenvalue weighted by atomic mass is 10.2. The Morgan fingerprint density at radius 1 is 1.12 bits per heavy atom. The van der Waals surface area contributed by atoms with Crippen molar-refractivity contribution in [3.8, 4) is 0 Å². The molecular weight excluding hydrogens is 371 g/mol. The molecule has 2 N–H and O–H groups in total. The normalized spacial score (nSPS) is 10.8. The molecule has 4 nitrogen and oxygen atoms in total. The summed E-state index contributed by atoms with van der Waals surface area (Å²) >= 11 is 11.0. The molecule has 1 heterocycles. The molecule has 132 valence electrons. The van der Waals surface area contributed by atoms with Crippen molar-refractivity contribution in [1.29, 1.82) is 0 Å². The SMILES string of the molecule is Fc1ccccc1NC(=S)N/N=C/c1cccn1Cc1ccc(Cl)cc1. The van der Waals surface area contributed by atoms with Crippen molar-refractivity contribution in [3.05, 3.63) is 89.0 Å². The molecule has 1 aromatic heterocycles. The van der Waals surface area contributed by atoms with E-state index in [9.17, 15) is 4.39 Å². The average Bonchev–Trinajstić information content (AvgIpc) is 3.06. The van der Waals surface area contributed by atoms with Crippen molar-refractivity contribution < 1.29 is 4.39 Å². The van der Waals surface area contributed by atoms with Gasteiger partial charge >= 0.3 is 0 Å². The number of hydrogen-bond acceptors (Lipinski definition) is 2. The highest BCUT2D eigenvalue weighted by Crippen LogP contribution is 2.13. The van der Waals surface area contributed by atoms with Crippen molar-refractivity contribution in [3.63, 3.8) is 0 Å².